The van der Waals surface area contributed by atoms with Crippen LogP contribution in [-0.4, -0.2) is 24.3 Å². The molecular formula is C16H25NO2. The first-order valence-electron chi connectivity index (χ1n) is 7.26. The summed E-state index contributed by atoms with van der Waals surface area (Å²) in [5, 5.41) is 14.4. The Kier molecular flexibility index (Phi) is 4.48. The first-order valence-corrected chi connectivity index (χ1v) is 7.26. The Morgan fingerprint density at radius 3 is 2.95 bits per heavy atom. The van der Waals surface area contributed by atoms with Gasteiger partial charge in [0, 0.05) is 12.5 Å². The van der Waals surface area contributed by atoms with Gasteiger partial charge in [0.2, 0.25) is 0 Å². The monoisotopic (exact) mass is 263 g/mol. The second-order valence-electron chi connectivity index (χ2n) is 5.68. The Bertz CT molecular complexity index is 419. The van der Waals surface area contributed by atoms with Crippen molar-refractivity contribution in [2.24, 2.45) is 5.92 Å². The predicted octanol–water partition coefficient (Wildman–Crippen LogP) is 2.68. The van der Waals surface area contributed by atoms with Gasteiger partial charge in [-0.15, -0.1) is 0 Å². The molecule has 2 N–H and O–H groups in total. The van der Waals surface area contributed by atoms with E-state index in [4.69, 9.17) is 4.74 Å². The lowest BCUT2D eigenvalue weighted by atomic mass is 9.75. The molecule has 0 aliphatic carbocycles. The lowest BCUT2D eigenvalue weighted by Crippen LogP contribution is -2.47. The lowest BCUT2D eigenvalue weighted by Gasteiger charge is -2.40. The van der Waals surface area contributed by atoms with Crippen molar-refractivity contribution in [1.29, 1.82) is 0 Å². The summed E-state index contributed by atoms with van der Waals surface area (Å²) >= 11 is 0. The molecule has 1 saturated heterocycles. The summed E-state index contributed by atoms with van der Waals surface area (Å²) < 4.78 is 5.73. The van der Waals surface area contributed by atoms with Crippen molar-refractivity contribution in [1.82, 2.24) is 5.32 Å². The second kappa shape index (κ2) is 5.93. The molecule has 0 radical (unpaired) electrons. The van der Waals surface area contributed by atoms with Crippen LogP contribution in [0, 0.1) is 5.92 Å². The van der Waals surface area contributed by atoms with Gasteiger partial charge in [0.25, 0.3) is 0 Å². The van der Waals surface area contributed by atoms with E-state index in [9.17, 15) is 5.11 Å². The van der Waals surface area contributed by atoms with Crippen LogP contribution in [0.5, 0.6) is 5.75 Å². The van der Waals surface area contributed by atoms with Crippen LogP contribution in [0.15, 0.2) is 24.3 Å². The van der Waals surface area contributed by atoms with Crippen molar-refractivity contribution in [3.05, 3.63) is 29.8 Å². The van der Waals surface area contributed by atoms with Crippen LogP contribution < -0.4 is 10.1 Å². The van der Waals surface area contributed by atoms with E-state index >= 15 is 0 Å². The summed E-state index contributed by atoms with van der Waals surface area (Å²) in [6.45, 7) is 7.91. The SMILES string of the molecule is CCC1CNCCC1(O)c1cccc(OC(C)C)c1. The topological polar surface area (TPSA) is 41.5 Å². The predicted molar refractivity (Wildman–Crippen MR) is 77.4 cm³/mol. The van der Waals surface area contributed by atoms with E-state index in [2.05, 4.69) is 12.2 Å². The summed E-state index contributed by atoms with van der Waals surface area (Å²) in [5.41, 5.74) is 0.259. The van der Waals surface area contributed by atoms with Crippen LogP contribution in [0.4, 0.5) is 0 Å². The van der Waals surface area contributed by atoms with Crippen molar-refractivity contribution in [3.8, 4) is 5.75 Å². The average molecular weight is 263 g/mol. The minimum Gasteiger partial charge on any atom is -0.491 e. The zero-order chi connectivity index (χ0) is 13.9. The van der Waals surface area contributed by atoms with Crippen LogP contribution in [-0.2, 0) is 5.60 Å². The highest BCUT2D eigenvalue weighted by Crippen LogP contribution is 2.38. The summed E-state index contributed by atoms with van der Waals surface area (Å²) in [6.07, 6.45) is 1.88. The number of hydrogen-bond donors (Lipinski definition) is 2. The van der Waals surface area contributed by atoms with Gasteiger partial charge in [-0.3, -0.25) is 0 Å². The maximum atomic E-state index is 11.1. The fourth-order valence-electron chi connectivity index (χ4n) is 2.90. The van der Waals surface area contributed by atoms with Crippen molar-refractivity contribution < 1.29 is 9.84 Å². The van der Waals surface area contributed by atoms with E-state index in [1.165, 1.54) is 0 Å². The van der Waals surface area contributed by atoms with E-state index in [-0.39, 0.29) is 12.0 Å². The van der Waals surface area contributed by atoms with Gasteiger partial charge in [-0.05, 0) is 50.9 Å². The largest absolute Gasteiger partial charge is 0.491 e. The maximum Gasteiger partial charge on any atom is 0.120 e. The van der Waals surface area contributed by atoms with Crippen molar-refractivity contribution in [2.75, 3.05) is 13.1 Å². The molecule has 19 heavy (non-hydrogen) atoms. The molecule has 1 aromatic rings. The first-order chi connectivity index (χ1) is 9.06. The Labute approximate surface area is 116 Å². The molecule has 0 aromatic heterocycles. The molecule has 0 spiro atoms. The summed E-state index contributed by atoms with van der Waals surface area (Å²) in [7, 11) is 0. The number of benzene rings is 1. The molecule has 106 valence electrons. The quantitative estimate of drug-likeness (QED) is 0.877. The maximum absolute atomic E-state index is 11.1. The van der Waals surface area contributed by atoms with Crippen molar-refractivity contribution in [2.45, 2.75) is 45.3 Å². The van der Waals surface area contributed by atoms with E-state index in [0.717, 1.165) is 37.2 Å². The Morgan fingerprint density at radius 2 is 2.26 bits per heavy atom. The molecule has 2 atom stereocenters. The summed E-state index contributed by atoms with van der Waals surface area (Å²) in [4.78, 5) is 0. The fraction of sp³-hybridized carbons (Fsp3) is 0.625. The van der Waals surface area contributed by atoms with E-state index in [0.29, 0.717) is 0 Å². The molecule has 3 heteroatoms. The standard InChI is InChI=1S/C16H25NO2/c1-4-13-11-17-9-8-16(13,18)14-6-5-7-15(10-14)19-12(2)3/h5-7,10,12-13,17-18H,4,8-9,11H2,1-3H3. The minimum absolute atomic E-state index is 0.153. The number of nitrogens with one attached hydrogen (secondary N) is 1. The van der Waals surface area contributed by atoms with Crippen LogP contribution in [0.3, 0.4) is 0 Å². The summed E-state index contributed by atoms with van der Waals surface area (Å²) in [6, 6.07) is 7.93. The molecule has 1 heterocycles. The molecule has 3 nitrogen and oxygen atoms in total. The molecular weight excluding hydrogens is 238 g/mol. The third-order valence-corrected chi connectivity index (χ3v) is 3.95. The Morgan fingerprint density at radius 1 is 1.47 bits per heavy atom. The summed E-state index contributed by atoms with van der Waals surface area (Å²) in [5.74, 6) is 1.10. The molecule has 0 amide bonds. The number of ether oxygens (including phenoxy) is 1. The second-order valence-corrected chi connectivity index (χ2v) is 5.68. The van der Waals surface area contributed by atoms with Crippen molar-refractivity contribution >= 4 is 0 Å². The van der Waals surface area contributed by atoms with Crippen LogP contribution in [0.1, 0.15) is 39.2 Å². The molecule has 1 aliphatic heterocycles. The van der Waals surface area contributed by atoms with E-state index < -0.39 is 5.60 Å². The van der Waals surface area contributed by atoms with Gasteiger partial charge in [-0.1, -0.05) is 19.1 Å². The lowest BCUT2D eigenvalue weighted by molar-refractivity contribution is -0.0480. The van der Waals surface area contributed by atoms with Gasteiger partial charge in [0.1, 0.15) is 5.75 Å². The number of rotatable bonds is 4. The highest BCUT2D eigenvalue weighted by molar-refractivity contribution is 5.33. The highest BCUT2D eigenvalue weighted by Gasteiger charge is 2.39. The van der Waals surface area contributed by atoms with Gasteiger partial charge in [-0.25, -0.2) is 0 Å². The van der Waals surface area contributed by atoms with Crippen molar-refractivity contribution in [3.63, 3.8) is 0 Å². The molecule has 1 aromatic carbocycles. The van der Waals surface area contributed by atoms with E-state index in [1.807, 2.05) is 38.1 Å². The number of hydrogen-bond acceptors (Lipinski definition) is 3. The zero-order valence-electron chi connectivity index (χ0n) is 12.1. The molecule has 2 unspecified atom stereocenters. The molecule has 0 saturated carbocycles. The van der Waals surface area contributed by atoms with Crippen LogP contribution in [0.2, 0.25) is 0 Å². The van der Waals surface area contributed by atoms with Gasteiger partial charge in [0.05, 0.1) is 11.7 Å². The fourth-order valence-corrected chi connectivity index (χ4v) is 2.90. The van der Waals surface area contributed by atoms with Gasteiger partial charge < -0.3 is 15.2 Å². The normalized spacial score (nSPS) is 27.5. The number of piperidine rings is 1. The molecule has 1 aliphatic rings. The first kappa shape index (κ1) is 14.4. The van der Waals surface area contributed by atoms with Gasteiger partial charge in [-0.2, -0.15) is 0 Å². The average Bonchev–Trinajstić information content (AvgIpc) is 2.39. The van der Waals surface area contributed by atoms with Crippen LogP contribution >= 0.6 is 0 Å². The van der Waals surface area contributed by atoms with E-state index in [1.54, 1.807) is 0 Å². The smallest absolute Gasteiger partial charge is 0.120 e. The van der Waals surface area contributed by atoms with Gasteiger partial charge in [0.15, 0.2) is 0 Å². The molecule has 2 rings (SSSR count). The molecule has 1 fully saturated rings. The number of aliphatic hydroxyl groups is 1. The third kappa shape index (κ3) is 3.10. The van der Waals surface area contributed by atoms with Gasteiger partial charge >= 0.3 is 0 Å². The third-order valence-electron chi connectivity index (χ3n) is 3.95. The van der Waals surface area contributed by atoms with Crippen LogP contribution in [0.25, 0.3) is 0 Å². The Balaban J connectivity index is 2.28. The zero-order valence-corrected chi connectivity index (χ0v) is 12.1. The Hall–Kier alpha value is -1.06. The minimum atomic E-state index is -0.726. The highest BCUT2D eigenvalue weighted by atomic mass is 16.5. The molecule has 0 bridgehead atoms.